The fourth-order valence-corrected chi connectivity index (χ4v) is 6.69. The third kappa shape index (κ3) is 13.6. The molecule has 0 bridgehead atoms. The van der Waals surface area contributed by atoms with E-state index in [4.69, 9.17) is 13.3 Å². The van der Waals surface area contributed by atoms with Crippen molar-refractivity contribution < 1.29 is 46.4 Å². The number of amides is 4. The summed E-state index contributed by atoms with van der Waals surface area (Å²) < 4.78 is 45.8. The Labute approximate surface area is 322 Å². The van der Waals surface area contributed by atoms with E-state index < -0.39 is 70.5 Å². The molecule has 0 spiro atoms. The lowest BCUT2D eigenvalue weighted by atomic mass is 10.0. The average molecular weight is 790 g/mol. The van der Waals surface area contributed by atoms with Gasteiger partial charge in [-0.3, -0.25) is 24.1 Å². The van der Waals surface area contributed by atoms with Gasteiger partial charge in [-0.25, -0.2) is 9.18 Å². The highest BCUT2D eigenvalue weighted by molar-refractivity contribution is 7.95. The van der Waals surface area contributed by atoms with Crippen LogP contribution in [0.2, 0.25) is 0 Å². The van der Waals surface area contributed by atoms with Crippen molar-refractivity contribution in [3.05, 3.63) is 75.6 Å². The van der Waals surface area contributed by atoms with Crippen LogP contribution >= 0.6 is 12.0 Å². The molecule has 55 heavy (non-hydrogen) atoms. The summed E-state index contributed by atoms with van der Waals surface area (Å²) >= 11 is 0.609. The number of nitrogens with zero attached hydrogens (tertiary/aromatic N) is 1. The molecular formula is C38H49F2N5O9S. The Bertz CT molecular complexity index is 1840. The normalized spacial score (nSPS) is 15.5. The molecule has 0 saturated carbocycles. The van der Waals surface area contributed by atoms with Gasteiger partial charge >= 0.3 is 5.63 Å². The van der Waals surface area contributed by atoms with Crippen molar-refractivity contribution in [1.82, 2.24) is 26.2 Å². The lowest BCUT2D eigenvalue weighted by Gasteiger charge is -2.27. The number of hydrogen-bond donors (Lipinski definition) is 5. The van der Waals surface area contributed by atoms with Crippen LogP contribution in [0.15, 0.2) is 51.7 Å². The molecule has 4 atom stereocenters. The monoisotopic (exact) mass is 789 g/mol. The fourth-order valence-electron chi connectivity index (χ4n) is 5.97. The molecule has 1 fully saturated rings. The van der Waals surface area contributed by atoms with E-state index in [1.165, 1.54) is 13.8 Å². The van der Waals surface area contributed by atoms with Gasteiger partial charge in [0.2, 0.25) is 35.2 Å². The minimum absolute atomic E-state index is 0.0220. The number of hydrogen-bond acceptors (Lipinski definition) is 11. The van der Waals surface area contributed by atoms with Crippen molar-refractivity contribution in [3.63, 3.8) is 0 Å². The summed E-state index contributed by atoms with van der Waals surface area (Å²) in [6, 6.07) is 8.07. The molecule has 4 amide bonds. The Morgan fingerprint density at radius 2 is 1.64 bits per heavy atom. The van der Waals surface area contributed by atoms with Gasteiger partial charge in [-0.2, -0.15) is 4.39 Å². The van der Waals surface area contributed by atoms with Crippen molar-refractivity contribution in [3.8, 4) is 5.75 Å². The lowest BCUT2D eigenvalue weighted by Crippen LogP contribution is -2.57. The van der Waals surface area contributed by atoms with Crippen molar-refractivity contribution in [2.24, 2.45) is 5.92 Å². The largest absolute Gasteiger partial charge is 0.419 e. The SMILES string of the molecule is Cc1cc(=O)oc2c(F)c(OSC[C@H](CC(C)O)NC(=O)[C@H](Cc3ccccc3)NC(=O)C(CC(C)C)NC(=O)CNC(=O)CN3CCOCC3)c(F)cc12. The molecule has 2 aromatic carbocycles. The van der Waals surface area contributed by atoms with Crippen LogP contribution in [0.25, 0.3) is 11.0 Å². The van der Waals surface area contributed by atoms with E-state index in [1.54, 1.807) is 30.3 Å². The Balaban J connectivity index is 1.43. The van der Waals surface area contributed by atoms with Crippen LogP contribution < -0.4 is 31.1 Å². The zero-order chi connectivity index (χ0) is 40.1. The number of aliphatic hydroxyl groups excluding tert-OH is 1. The second kappa shape index (κ2) is 20.9. The summed E-state index contributed by atoms with van der Waals surface area (Å²) in [7, 11) is 0. The smallest absolute Gasteiger partial charge is 0.336 e. The molecule has 0 radical (unpaired) electrons. The van der Waals surface area contributed by atoms with Gasteiger partial charge in [-0.1, -0.05) is 44.2 Å². The summed E-state index contributed by atoms with van der Waals surface area (Å²) in [6.45, 7) is 8.78. The van der Waals surface area contributed by atoms with Crippen molar-refractivity contribution in [2.75, 3.05) is 45.1 Å². The number of aryl methyl sites for hydroxylation is 1. The van der Waals surface area contributed by atoms with Crippen LogP contribution in [-0.4, -0.2) is 103 Å². The highest BCUT2D eigenvalue weighted by atomic mass is 32.2. The van der Waals surface area contributed by atoms with Crippen molar-refractivity contribution >= 4 is 46.6 Å². The fraction of sp³-hybridized carbons (Fsp3) is 0.500. The van der Waals surface area contributed by atoms with Crippen LogP contribution in [0.4, 0.5) is 8.78 Å². The Morgan fingerprint density at radius 3 is 2.31 bits per heavy atom. The highest BCUT2D eigenvalue weighted by Crippen LogP contribution is 2.32. The number of fused-ring (bicyclic) bond motifs is 1. The zero-order valence-corrected chi connectivity index (χ0v) is 32.1. The first-order valence-corrected chi connectivity index (χ1v) is 19.0. The van der Waals surface area contributed by atoms with E-state index in [2.05, 4.69) is 21.3 Å². The quantitative estimate of drug-likeness (QED) is 0.0887. The number of carbonyl (C=O) groups is 4. The molecule has 3 aromatic rings. The predicted molar refractivity (Wildman–Crippen MR) is 202 cm³/mol. The molecular weight excluding hydrogens is 741 g/mol. The topological polar surface area (TPSA) is 189 Å². The maximum atomic E-state index is 15.2. The summed E-state index contributed by atoms with van der Waals surface area (Å²) in [6.07, 6.45) is -0.572. The summed E-state index contributed by atoms with van der Waals surface area (Å²) in [5, 5.41) is 21.1. The third-order valence-corrected chi connectivity index (χ3v) is 9.49. The maximum Gasteiger partial charge on any atom is 0.336 e. The molecule has 17 heteroatoms. The number of rotatable bonds is 19. The molecule has 2 heterocycles. The number of carbonyl (C=O) groups excluding carboxylic acids is 4. The van der Waals surface area contributed by atoms with Crippen LogP contribution in [0.1, 0.15) is 44.7 Å². The number of ether oxygens (including phenoxy) is 1. The minimum Gasteiger partial charge on any atom is -0.419 e. The molecule has 5 N–H and O–H groups in total. The number of benzene rings is 2. The predicted octanol–water partition coefficient (Wildman–Crippen LogP) is 2.37. The van der Waals surface area contributed by atoms with Crippen LogP contribution in [0.5, 0.6) is 5.75 Å². The van der Waals surface area contributed by atoms with Gasteiger partial charge in [0, 0.05) is 37.0 Å². The molecule has 1 saturated heterocycles. The van der Waals surface area contributed by atoms with E-state index in [0.29, 0.717) is 43.9 Å². The Hall–Kier alpha value is -4.58. The number of nitrogens with one attached hydrogen (secondary N) is 4. The highest BCUT2D eigenvalue weighted by Gasteiger charge is 2.30. The lowest BCUT2D eigenvalue weighted by molar-refractivity contribution is -0.133. The van der Waals surface area contributed by atoms with Gasteiger partial charge in [-0.15, -0.1) is 0 Å². The first kappa shape index (κ1) is 43.2. The molecule has 0 aliphatic carbocycles. The molecule has 300 valence electrons. The Morgan fingerprint density at radius 1 is 0.945 bits per heavy atom. The summed E-state index contributed by atoms with van der Waals surface area (Å²) in [5.41, 5.74) is -0.228. The number of morpholine rings is 1. The molecule has 1 aromatic heterocycles. The number of halogens is 2. The standard InChI is InChI=1S/C38H49F2N5O9S/c1-22(2)14-29(43-31(47)19-41-32(48)20-45-10-12-52-13-11-45)38(51)44-30(17-25-8-6-5-7-9-25)37(50)42-26(16-24(4)46)21-55-54-36-28(39)18-27-23(3)15-33(49)53-35(27)34(36)40/h5-9,15,18,22,24,26,29-30,46H,10-14,16-17,19-21H2,1-4H3,(H,41,48)(H,42,50)(H,43,47)(H,44,51)/t24?,26-,29?,30-/m0/s1. The van der Waals surface area contributed by atoms with Crippen molar-refractivity contribution in [1.29, 1.82) is 0 Å². The van der Waals surface area contributed by atoms with Gasteiger partial charge in [-0.05, 0) is 49.8 Å². The molecule has 14 nitrogen and oxygen atoms in total. The van der Waals surface area contributed by atoms with E-state index in [-0.39, 0.29) is 55.3 Å². The number of aliphatic hydroxyl groups is 1. The average Bonchev–Trinajstić information content (AvgIpc) is 3.12. The van der Waals surface area contributed by atoms with Gasteiger partial charge in [0.25, 0.3) is 0 Å². The van der Waals surface area contributed by atoms with E-state index in [9.17, 15) is 33.5 Å². The van der Waals surface area contributed by atoms with Gasteiger partial charge in [0.1, 0.15) is 12.1 Å². The van der Waals surface area contributed by atoms with E-state index in [0.717, 1.165) is 17.7 Å². The van der Waals surface area contributed by atoms with Gasteiger partial charge in [0.05, 0.1) is 50.2 Å². The zero-order valence-electron chi connectivity index (χ0n) is 31.3. The van der Waals surface area contributed by atoms with Gasteiger partial charge in [0.15, 0.2) is 11.4 Å². The summed E-state index contributed by atoms with van der Waals surface area (Å²) in [5.74, 6) is -5.30. The van der Waals surface area contributed by atoms with E-state index in [1.807, 2.05) is 18.7 Å². The maximum absolute atomic E-state index is 15.2. The second-order valence-corrected chi connectivity index (χ2v) is 14.7. The second-order valence-electron chi connectivity index (χ2n) is 14.0. The Kier molecular flexibility index (Phi) is 16.4. The summed E-state index contributed by atoms with van der Waals surface area (Å²) in [4.78, 5) is 66.7. The van der Waals surface area contributed by atoms with Crippen LogP contribution in [-0.2, 0) is 30.3 Å². The van der Waals surface area contributed by atoms with Crippen molar-refractivity contribution in [2.45, 2.75) is 71.2 Å². The third-order valence-electron chi connectivity index (χ3n) is 8.67. The minimum atomic E-state index is -1.21. The molecule has 2 unspecified atom stereocenters. The van der Waals surface area contributed by atoms with E-state index >= 15 is 4.39 Å². The van der Waals surface area contributed by atoms with Crippen LogP contribution in [0.3, 0.4) is 0 Å². The molecule has 1 aliphatic rings. The first-order chi connectivity index (χ1) is 26.2. The molecule has 4 rings (SSSR count). The van der Waals surface area contributed by atoms with Gasteiger partial charge < -0.3 is 39.7 Å². The first-order valence-electron chi connectivity index (χ1n) is 18.1. The van der Waals surface area contributed by atoms with Crippen LogP contribution in [0, 0.1) is 24.5 Å². The molecule has 1 aliphatic heterocycles.